The van der Waals surface area contributed by atoms with Gasteiger partial charge in [0.25, 0.3) is 0 Å². The Labute approximate surface area is 115 Å². The summed E-state index contributed by atoms with van der Waals surface area (Å²) in [6, 6.07) is 4.02. The van der Waals surface area contributed by atoms with Gasteiger partial charge >= 0.3 is 0 Å². The Bertz CT molecular complexity index is 377. The maximum absolute atomic E-state index is 6.19. The zero-order chi connectivity index (χ0) is 13.0. The largest absolute Gasteiger partial charge is 0.496 e. The van der Waals surface area contributed by atoms with E-state index in [1.165, 1.54) is 11.1 Å². The van der Waals surface area contributed by atoms with Crippen LogP contribution in [0.2, 0.25) is 5.02 Å². The summed E-state index contributed by atoms with van der Waals surface area (Å²) in [6.45, 7) is 6.50. The maximum Gasteiger partial charge on any atom is 0.125 e. The van der Waals surface area contributed by atoms with Crippen LogP contribution in [-0.2, 0) is 0 Å². The predicted octanol–water partition coefficient (Wildman–Crippen LogP) is 4.90. The Hall–Kier alpha value is -0.340. The second-order valence-corrected chi connectivity index (χ2v) is 5.57. The lowest BCUT2D eigenvalue weighted by molar-refractivity contribution is 0.399. The molecule has 0 saturated heterocycles. The molecule has 0 aliphatic heterocycles. The first-order chi connectivity index (χ1) is 8.01. The lowest BCUT2D eigenvalue weighted by Crippen LogP contribution is -2.03. The van der Waals surface area contributed by atoms with Crippen molar-refractivity contribution in [1.82, 2.24) is 0 Å². The van der Waals surface area contributed by atoms with Crippen molar-refractivity contribution in [3.8, 4) is 5.75 Å². The third-order valence-corrected chi connectivity index (χ3v) is 3.51. The molecule has 0 saturated carbocycles. The number of halogens is 1. The van der Waals surface area contributed by atoms with Crippen molar-refractivity contribution in [3.05, 3.63) is 28.3 Å². The van der Waals surface area contributed by atoms with Crippen molar-refractivity contribution in [2.75, 3.05) is 12.9 Å². The molecule has 0 aromatic heterocycles. The minimum Gasteiger partial charge on any atom is -0.496 e. The third-order valence-electron chi connectivity index (χ3n) is 3.03. The molecule has 0 amide bonds. The van der Waals surface area contributed by atoms with Gasteiger partial charge in [-0.15, -0.1) is 0 Å². The van der Waals surface area contributed by atoms with Gasteiger partial charge in [0.05, 0.1) is 7.11 Å². The normalized spacial score (nSPS) is 12.9. The van der Waals surface area contributed by atoms with E-state index in [9.17, 15) is 0 Å². The molecule has 0 fully saturated rings. The molecular weight excluding hydrogens is 252 g/mol. The van der Waals surface area contributed by atoms with Crippen LogP contribution in [0.5, 0.6) is 5.75 Å². The highest BCUT2D eigenvalue weighted by Crippen LogP contribution is 2.38. The van der Waals surface area contributed by atoms with E-state index < -0.39 is 0 Å². The Morgan fingerprint density at radius 2 is 1.82 bits per heavy atom. The lowest BCUT2D eigenvalue weighted by Gasteiger charge is -2.20. The van der Waals surface area contributed by atoms with Gasteiger partial charge in [-0.25, -0.2) is 0 Å². The molecule has 1 nitrogen and oxygen atoms in total. The summed E-state index contributed by atoms with van der Waals surface area (Å²) >= 11 is 10.5. The summed E-state index contributed by atoms with van der Waals surface area (Å²) in [5.74, 6) is 2.68. The van der Waals surface area contributed by atoms with Crippen LogP contribution in [0, 0.1) is 0 Å². The van der Waals surface area contributed by atoms with E-state index in [2.05, 4.69) is 33.4 Å². The van der Waals surface area contributed by atoms with Gasteiger partial charge in [-0.05, 0) is 47.3 Å². The molecule has 1 aromatic rings. The minimum absolute atomic E-state index is 0.408. The molecule has 1 aromatic carbocycles. The molecule has 0 aliphatic carbocycles. The first kappa shape index (κ1) is 14.7. The standard InChI is InChI=1S/C14H21ClOS/c1-9(2)12-7-11(15)8-13(14(12)16-4)10(3)5-6-17/h7-10,17H,5-6H2,1-4H3. The monoisotopic (exact) mass is 272 g/mol. The van der Waals surface area contributed by atoms with Gasteiger partial charge in [-0.2, -0.15) is 12.6 Å². The van der Waals surface area contributed by atoms with Crippen LogP contribution in [0.3, 0.4) is 0 Å². The van der Waals surface area contributed by atoms with Crippen LogP contribution in [0.15, 0.2) is 12.1 Å². The van der Waals surface area contributed by atoms with Crippen molar-refractivity contribution in [3.63, 3.8) is 0 Å². The van der Waals surface area contributed by atoms with E-state index >= 15 is 0 Å². The quantitative estimate of drug-likeness (QED) is 0.751. The number of hydrogen-bond donors (Lipinski definition) is 1. The minimum atomic E-state index is 0.408. The number of benzene rings is 1. The van der Waals surface area contributed by atoms with E-state index in [4.69, 9.17) is 16.3 Å². The van der Waals surface area contributed by atoms with E-state index in [0.717, 1.165) is 22.9 Å². The van der Waals surface area contributed by atoms with Gasteiger partial charge in [-0.1, -0.05) is 32.4 Å². The smallest absolute Gasteiger partial charge is 0.125 e. The van der Waals surface area contributed by atoms with E-state index in [1.807, 2.05) is 12.1 Å². The molecule has 0 radical (unpaired) electrons. The second kappa shape index (κ2) is 6.55. The Kier molecular flexibility index (Phi) is 5.68. The summed E-state index contributed by atoms with van der Waals surface area (Å²) in [4.78, 5) is 0. The molecule has 0 N–H and O–H groups in total. The number of hydrogen-bond acceptors (Lipinski definition) is 2. The predicted molar refractivity (Wildman–Crippen MR) is 79.0 cm³/mol. The van der Waals surface area contributed by atoms with Gasteiger partial charge in [0.1, 0.15) is 5.75 Å². The average molecular weight is 273 g/mol. The number of methoxy groups -OCH3 is 1. The summed E-state index contributed by atoms with van der Waals surface area (Å²) in [6.07, 6.45) is 1.03. The van der Waals surface area contributed by atoms with E-state index in [-0.39, 0.29) is 0 Å². The summed E-state index contributed by atoms with van der Waals surface area (Å²) in [7, 11) is 1.73. The molecule has 96 valence electrons. The fraction of sp³-hybridized carbons (Fsp3) is 0.571. The van der Waals surface area contributed by atoms with Gasteiger partial charge in [-0.3, -0.25) is 0 Å². The van der Waals surface area contributed by atoms with E-state index in [0.29, 0.717) is 11.8 Å². The van der Waals surface area contributed by atoms with Crippen molar-refractivity contribution in [1.29, 1.82) is 0 Å². The van der Waals surface area contributed by atoms with Crippen molar-refractivity contribution >= 4 is 24.2 Å². The third kappa shape index (κ3) is 3.56. The molecule has 17 heavy (non-hydrogen) atoms. The zero-order valence-electron chi connectivity index (χ0n) is 11.0. The fourth-order valence-corrected chi connectivity index (χ4v) is 2.64. The van der Waals surface area contributed by atoms with Gasteiger partial charge < -0.3 is 4.74 Å². The average Bonchev–Trinajstić information content (AvgIpc) is 2.28. The highest BCUT2D eigenvalue weighted by atomic mass is 35.5. The SMILES string of the molecule is COc1c(C(C)C)cc(Cl)cc1C(C)CCS. The van der Waals surface area contributed by atoms with Crippen LogP contribution >= 0.6 is 24.2 Å². The molecule has 1 atom stereocenters. The molecule has 1 rings (SSSR count). The van der Waals surface area contributed by atoms with Crippen molar-refractivity contribution in [2.24, 2.45) is 0 Å². The highest BCUT2D eigenvalue weighted by Gasteiger charge is 2.17. The molecular formula is C14H21ClOS. The molecule has 1 unspecified atom stereocenters. The zero-order valence-corrected chi connectivity index (χ0v) is 12.6. The Morgan fingerprint density at radius 3 is 2.29 bits per heavy atom. The van der Waals surface area contributed by atoms with Crippen LogP contribution in [0.4, 0.5) is 0 Å². The highest BCUT2D eigenvalue weighted by molar-refractivity contribution is 7.80. The number of thiol groups is 1. The Morgan fingerprint density at radius 1 is 1.24 bits per heavy atom. The van der Waals surface area contributed by atoms with Gasteiger partial charge in [0.15, 0.2) is 0 Å². The van der Waals surface area contributed by atoms with Crippen LogP contribution in [0.25, 0.3) is 0 Å². The number of rotatable bonds is 5. The number of ether oxygens (including phenoxy) is 1. The second-order valence-electron chi connectivity index (χ2n) is 4.69. The van der Waals surface area contributed by atoms with Gasteiger partial charge in [0, 0.05) is 5.02 Å². The molecule has 0 aliphatic rings. The van der Waals surface area contributed by atoms with Crippen LogP contribution in [0.1, 0.15) is 50.2 Å². The Balaban J connectivity index is 3.27. The molecule has 0 spiro atoms. The van der Waals surface area contributed by atoms with Crippen LogP contribution < -0.4 is 4.74 Å². The molecule has 0 bridgehead atoms. The summed E-state index contributed by atoms with van der Waals surface area (Å²) < 4.78 is 5.58. The molecule has 0 heterocycles. The lowest BCUT2D eigenvalue weighted by atomic mass is 9.92. The van der Waals surface area contributed by atoms with Crippen molar-refractivity contribution in [2.45, 2.75) is 39.0 Å². The topological polar surface area (TPSA) is 9.23 Å². The first-order valence-electron chi connectivity index (χ1n) is 5.99. The summed E-state index contributed by atoms with van der Waals surface area (Å²) in [5.41, 5.74) is 2.37. The van der Waals surface area contributed by atoms with Crippen molar-refractivity contribution < 1.29 is 4.74 Å². The van der Waals surface area contributed by atoms with Crippen LogP contribution in [-0.4, -0.2) is 12.9 Å². The fourth-order valence-electron chi connectivity index (χ4n) is 2.02. The summed E-state index contributed by atoms with van der Waals surface area (Å²) in [5, 5.41) is 0.788. The van der Waals surface area contributed by atoms with Gasteiger partial charge in [0.2, 0.25) is 0 Å². The molecule has 3 heteroatoms. The maximum atomic E-state index is 6.19. The first-order valence-corrected chi connectivity index (χ1v) is 7.00. The van der Waals surface area contributed by atoms with E-state index in [1.54, 1.807) is 7.11 Å².